The van der Waals surface area contributed by atoms with Crippen LogP contribution in [0.1, 0.15) is 5.56 Å². The summed E-state index contributed by atoms with van der Waals surface area (Å²) in [6.07, 6.45) is 0.834. The van der Waals surface area contributed by atoms with E-state index in [0.717, 1.165) is 25.5 Å². The van der Waals surface area contributed by atoms with Crippen molar-refractivity contribution in [3.8, 4) is 0 Å². The summed E-state index contributed by atoms with van der Waals surface area (Å²) >= 11 is 0. The number of halogens is 1. The molecule has 0 spiro atoms. The van der Waals surface area contributed by atoms with Crippen molar-refractivity contribution in [3.05, 3.63) is 35.9 Å². The van der Waals surface area contributed by atoms with Crippen LogP contribution < -0.4 is 0 Å². The average molecular weight is 198 g/mol. The minimum atomic E-state index is 0. The molecule has 0 unspecified atom stereocenters. The lowest BCUT2D eigenvalue weighted by atomic mass is 10.1. The van der Waals surface area contributed by atoms with Gasteiger partial charge in [-0.1, -0.05) is 30.3 Å². The van der Waals surface area contributed by atoms with Crippen LogP contribution in [-0.4, -0.2) is 19.0 Å². The van der Waals surface area contributed by atoms with E-state index in [2.05, 4.69) is 17.1 Å². The van der Waals surface area contributed by atoms with Crippen LogP contribution in [0.3, 0.4) is 0 Å². The largest absolute Gasteiger partial charge is 0.479 e. The second kappa shape index (κ2) is 4.87. The molecule has 2 rings (SSSR count). The van der Waals surface area contributed by atoms with E-state index in [1.807, 2.05) is 18.2 Å². The van der Waals surface area contributed by atoms with E-state index in [0.29, 0.717) is 0 Å². The van der Waals surface area contributed by atoms with E-state index in [-0.39, 0.29) is 12.4 Å². The van der Waals surface area contributed by atoms with Gasteiger partial charge in [-0.25, -0.2) is 0 Å². The fraction of sp³-hybridized carbons (Fsp3) is 0.300. The lowest BCUT2D eigenvalue weighted by Gasteiger charge is -2.00. The summed E-state index contributed by atoms with van der Waals surface area (Å²) in [7, 11) is 0. The predicted octanol–water partition coefficient (Wildman–Crippen LogP) is 2.08. The van der Waals surface area contributed by atoms with Gasteiger partial charge in [0, 0.05) is 6.42 Å². The minimum absolute atomic E-state index is 0. The van der Waals surface area contributed by atoms with E-state index in [1.54, 1.807) is 0 Å². The molecule has 1 aliphatic heterocycles. The lowest BCUT2D eigenvalue weighted by molar-refractivity contribution is 0.341. The fourth-order valence-electron chi connectivity index (χ4n) is 1.26. The van der Waals surface area contributed by atoms with Gasteiger partial charge in [0.1, 0.15) is 6.61 Å². The van der Waals surface area contributed by atoms with Crippen molar-refractivity contribution < 1.29 is 4.74 Å². The van der Waals surface area contributed by atoms with Crippen LogP contribution in [0.5, 0.6) is 0 Å². The molecule has 0 fully saturated rings. The third-order valence-electron chi connectivity index (χ3n) is 1.85. The number of hydrogen-bond donors (Lipinski definition) is 0. The van der Waals surface area contributed by atoms with Gasteiger partial charge in [-0.05, 0) is 5.56 Å². The Kier molecular flexibility index (Phi) is 3.77. The van der Waals surface area contributed by atoms with Crippen LogP contribution >= 0.6 is 12.4 Å². The summed E-state index contributed by atoms with van der Waals surface area (Å²) < 4.78 is 5.31. The second-order valence-corrected chi connectivity index (χ2v) is 2.79. The predicted molar refractivity (Wildman–Crippen MR) is 55.6 cm³/mol. The zero-order chi connectivity index (χ0) is 8.23. The molecule has 0 saturated heterocycles. The highest BCUT2D eigenvalue weighted by Gasteiger charge is 2.06. The molecule has 0 N–H and O–H groups in total. The van der Waals surface area contributed by atoms with Gasteiger partial charge < -0.3 is 4.74 Å². The number of benzene rings is 1. The Balaban J connectivity index is 0.000000845. The molecule has 0 amide bonds. The maximum absolute atomic E-state index is 5.31. The molecule has 13 heavy (non-hydrogen) atoms. The normalized spacial score (nSPS) is 14.3. The molecule has 1 aromatic rings. The molecule has 0 saturated carbocycles. The van der Waals surface area contributed by atoms with Crippen molar-refractivity contribution in [2.45, 2.75) is 6.42 Å². The quantitative estimate of drug-likeness (QED) is 0.712. The van der Waals surface area contributed by atoms with Gasteiger partial charge in [0.2, 0.25) is 0 Å². The third kappa shape index (κ3) is 2.74. The standard InChI is InChI=1S/C10H11NO.ClH/c1-2-4-9(5-3-1)8-10-11-6-7-12-10;/h1-5H,6-8H2;1H. The summed E-state index contributed by atoms with van der Waals surface area (Å²) in [6, 6.07) is 10.3. The highest BCUT2D eigenvalue weighted by Crippen LogP contribution is 2.04. The van der Waals surface area contributed by atoms with E-state index in [4.69, 9.17) is 4.74 Å². The first-order valence-corrected chi connectivity index (χ1v) is 4.15. The third-order valence-corrected chi connectivity index (χ3v) is 1.85. The maximum Gasteiger partial charge on any atom is 0.187 e. The Labute approximate surface area is 84.0 Å². The van der Waals surface area contributed by atoms with Crippen LogP contribution in [-0.2, 0) is 11.2 Å². The van der Waals surface area contributed by atoms with Crippen LogP contribution in [0.4, 0.5) is 0 Å². The Morgan fingerprint density at radius 2 is 2.00 bits per heavy atom. The number of nitrogens with zero attached hydrogens (tertiary/aromatic N) is 1. The van der Waals surface area contributed by atoms with Gasteiger partial charge in [-0.3, -0.25) is 4.99 Å². The van der Waals surface area contributed by atoms with Gasteiger partial charge in [-0.15, -0.1) is 12.4 Å². The molecule has 1 heterocycles. The molecule has 70 valence electrons. The number of rotatable bonds is 2. The molecule has 1 aromatic carbocycles. The molecule has 0 radical (unpaired) electrons. The summed E-state index contributed by atoms with van der Waals surface area (Å²) in [6.45, 7) is 1.57. The first-order chi connectivity index (χ1) is 5.95. The molecule has 2 nitrogen and oxygen atoms in total. The first-order valence-electron chi connectivity index (χ1n) is 4.15. The molecular formula is C10H12ClNO. The zero-order valence-corrected chi connectivity index (χ0v) is 8.09. The van der Waals surface area contributed by atoms with E-state index in [1.165, 1.54) is 5.56 Å². The number of ether oxygens (including phenoxy) is 1. The van der Waals surface area contributed by atoms with Gasteiger partial charge in [0.25, 0.3) is 0 Å². The van der Waals surface area contributed by atoms with Gasteiger partial charge in [-0.2, -0.15) is 0 Å². The van der Waals surface area contributed by atoms with Crippen molar-refractivity contribution in [1.29, 1.82) is 0 Å². The van der Waals surface area contributed by atoms with Crippen molar-refractivity contribution in [2.75, 3.05) is 13.2 Å². The van der Waals surface area contributed by atoms with E-state index >= 15 is 0 Å². The highest BCUT2D eigenvalue weighted by atomic mass is 35.5. The summed E-state index contributed by atoms with van der Waals surface area (Å²) in [5.41, 5.74) is 1.26. The van der Waals surface area contributed by atoms with Crippen LogP contribution in [0, 0.1) is 0 Å². The highest BCUT2D eigenvalue weighted by molar-refractivity contribution is 5.85. The topological polar surface area (TPSA) is 21.6 Å². The van der Waals surface area contributed by atoms with Gasteiger partial charge in [0.15, 0.2) is 5.90 Å². The Morgan fingerprint density at radius 3 is 2.62 bits per heavy atom. The molecule has 0 aliphatic carbocycles. The van der Waals surface area contributed by atoms with Crippen LogP contribution in [0.25, 0.3) is 0 Å². The SMILES string of the molecule is Cl.c1ccc(CC2=NCCO2)cc1. The molecule has 0 bridgehead atoms. The van der Waals surface area contributed by atoms with Crippen molar-refractivity contribution in [2.24, 2.45) is 4.99 Å². The second-order valence-electron chi connectivity index (χ2n) is 2.79. The van der Waals surface area contributed by atoms with Gasteiger partial charge >= 0.3 is 0 Å². The average Bonchev–Trinajstić information content (AvgIpc) is 2.59. The van der Waals surface area contributed by atoms with Crippen LogP contribution in [0.15, 0.2) is 35.3 Å². The van der Waals surface area contributed by atoms with E-state index < -0.39 is 0 Å². The van der Waals surface area contributed by atoms with E-state index in [9.17, 15) is 0 Å². The lowest BCUT2D eigenvalue weighted by Crippen LogP contribution is -2.02. The zero-order valence-electron chi connectivity index (χ0n) is 7.27. The van der Waals surface area contributed by atoms with Crippen LogP contribution in [0.2, 0.25) is 0 Å². The first kappa shape index (κ1) is 10.1. The number of aliphatic imine (C=N–C) groups is 1. The minimum Gasteiger partial charge on any atom is -0.479 e. The number of hydrogen-bond acceptors (Lipinski definition) is 2. The Morgan fingerprint density at radius 1 is 1.23 bits per heavy atom. The molecule has 0 atom stereocenters. The smallest absolute Gasteiger partial charge is 0.187 e. The van der Waals surface area contributed by atoms with Gasteiger partial charge in [0.05, 0.1) is 6.54 Å². The molecular weight excluding hydrogens is 186 g/mol. The Hall–Kier alpha value is -1.02. The van der Waals surface area contributed by atoms with Crippen molar-refractivity contribution in [1.82, 2.24) is 0 Å². The Bertz CT molecular complexity index is 284. The summed E-state index contributed by atoms with van der Waals surface area (Å²) in [5.74, 6) is 0.876. The fourth-order valence-corrected chi connectivity index (χ4v) is 1.26. The summed E-state index contributed by atoms with van der Waals surface area (Å²) in [5, 5.41) is 0. The molecule has 0 aromatic heterocycles. The van der Waals surface area contributed by atoms with Crippen molar-refractivity contribution >= 4 is 18.3 Å². The summed E-state index contributed by atoms with van der Waals surface area (Å²) in [4.78, 5) is 4.23. The maximum atomic E-state index is 5.31. The monoisotopic (exact) mass is 197 g/mol. The molecule has 3 heteroatoms. The van der Waals surface area contributed by atoms with Crippen molar-refractivity contribution in [3.63, 3.8) is 0 Å². The molecule has 1 aliphatic rings.